The van der Waals surface area contributed by atoms with E-state index in [2.05, 4.69) is 71.9 Å². The smallest absolute Gasteiger partial charge is 0.0529 e. The molecule has 3 heteroatoms. The maximum atomic E-state index is 4.12. The summed E-state index contributed by atoms with van der Waals surface area (Å²) in [6.45, 7) is 6.49. The fourth-order valence-corrected chi connectivity index (χ4v) is 3.67. The molecule has 122 valence electrons. The first-order chi connectivity index (χ1) is 11.6. The van der Waals surface area contributed by atoms with E-state index < -0.39 is 0 Å². The standard InChI is InChI=1S/C21H23N3/c1-15-4-5-20-19(12-15)18-8-11-23(3)14-21(18)24(20)13-16(2)17-6-9-22-10-7-17/h4-7,9-10,12-13H,8,11,14H2,1-3H3/b16-13+. The van der Waals surface area contributed by atoms with Crippen LogP contribution in [0.1, 0.15) is 29.3 Å². The van der Waals surface area contributed by atoms with Crippen molar-refractivity contribution < 1.29 is 0 Å². The molecule has 1 aromatic carbocycles. The van der Waals surface area contributed by atoms with Gasteiger partial charge in [-0.2, -0.15) is 0 Å². The number of fused-ring (bicyclic) bond motifs is 3. The number of aryl methyl sites for hydroxylation is 1. The van der Waals surface area contributed by atoms with Gasteiger partial charge < -0.3 is 9.47 Å². The lowest BCUT2D eigenvalue weighted by Gasteiger charge is -2.24. The molecule has 0 amide bonds. The quantitative estimate of drug-likeness (QED) is 0.700. The largest absolute Gasteiger partial charge is 0.318 e. The minimum absolute atomic E-state index is 1.00. The number of hydrogen-bond acceptors (Lipinski definition) is 2. The van der Waals surface area contributed by atoms with Crippen molar-refractivity contribution in [3.63, 3.8) is 0 Å². The van der Waals surface area contributed by atoms with Crippen LogP contribution in [0.3, 0.4) is 0 Å². The van der Waals surface area contributed by atoms with Gasteiger partial charge in [-0.3, -0.25) is 4.98 Å². The number of rotatable bonds is 2. The third-order valence-electron chi connectivity index (χ3n) is 5.00. The first-order valence-electron chi connectivity index (χ1n) is 8.53. The van der Waals surface area contributed by atoms with Crippen LogP contribution in [-0.4, -0.2) is 28.0 Å². The van der Waals surface area contributed by atoms with E-state index in [4.69, 9.17) is 0 Å². The maximum absolute atomic E-state index is 4.12. The molecule has 0 aliphatic carbocycles. The van der Waals surface area contributed by atoms with Gasteiger partial charge in [-0.15, -0.1) is 0 Å². The van der Waals surface area contributed by atoms with Gasteiger partial charge in [0.1, 0.15) is 0 Å². The minimum atomic E-state index is 1.00. The predicted octanol–water partition coefficient (Wildman–Crippen LogP) is 4.35. The minimum Gasteiger partial charge on any atom is -0.318 e. The number of likely N-dealkylation sites (N-methyl/N-ethyl adjacent to an activating group) is 1. The van der Waals surface area contributed by atoms with Crippen molar-refractivity contribution in [2.45, 2.75) is 26.8 Å². The van der Waals surface area contributed by atoms with E-state index in [1.807, 2.05) is 12.4 Å². The Hall–Kier alpha value is -2.39. The van der Waals surface area contributed by atoms with Gasteiger partial charge in [0.25, 0.3) is 0 Å². The van der Waals surface area contributed by atoms with E-state index in [0.29, 0.717) is 0 Å². The number of hydrogen-bond donors (Lipinski definition) is 0. The summed E-state index contributed by atoms with van der Waals surface area (Å²) in [5.74, 6) is 0. The molecule has 4 rings (SSSR count). The Morgan fingerprint density at radius 1 is 1.17 bits per heavy atom. The van der Waals surface area contributed by atoms with Crippen LogP contribution in [0, 0.1) is 6.92 Å². The molecule has 0 spiro atoms. The first kappa shape index (κ1) is 15.2. The van der Waals surface area contributed by atoms with Crippen molar-refractivity contribution in [3.8, 4) is 0 Å². The maximum Gasteiger partial charge on any atom is 0.0529 e. The molecule has 0 bridgehead atoms. The Balaban J connectivity index is 1.93. The van der Waals surface area contributed by atoms with E-state index in [0.717, 1.165) is 19.5 Å². The van der Waals surface area contributed by atoms with Gasteiger partial charge in [-0.05, 0) is 68.3 Å². The monoisotopic (exact) mass is 317 g/mol. The highest BCUT2D eigenvalue weighted by Crippen LogP contribution is 2.32. The van der Waals surface area contributed by atoms with Crippen molar-refractivity contribution in [2.75, 3.05) is 13.6 Å². The Morgan fingerprint density at radius 2 is 1.96 bits per heavy atom. The molecule has 24 heavy (non-hydrogen) atoms. The molecule has 0 unspecified atom stereocenters. The number of benzene rings is 1. The number of nitrogens with zero attached hydrogens (tertiary/aromatic N) is 3. The van der Waals surface area contributed by atoms with Gasteiger partial charge in [-0.25, -0.2) is 0 Å². The molecule has 3 heterocycles. The summed E-state index contributed by atoms with van der Waals surface area (Å²) in [6.07, 6.45) is 7.12. The van der Waals surface area contributed by atoms with Crippen LogP contribution >= 0.6 is 0 Å². The van der Waals surface area contributed by atoms with Gasteiger partial charge >= 0.3 is 0 Å². The zero-order valence-electron chi connectivity index (χ0n) is 14.6. The fraction of sp³-hybridized carbons (Fsp3) is 0.286. The summed E-state index contributed by atoms with van der Waals surface area (Å²) in [4.78, 5) is 6.53. The summed E-state index contributed by atoms with van der Waals surface area (Å²) >= 11 is 0. The second-order valence-electron chi connectivity index (χ2n) is 6.85. The molecule has 3 aromatic rings. The van der Waals surface area contributed by atoms with Crippen molar-refractivity contribution in [1.82, 2.24) is 14.5 Å². The van der Waals surface area contributed by atoms with E-state index in [1.165, 1.54) is 38.9 Å². The average molecular weight is 317 g/mol. The van der Waals surface area contributed by atoms with Gasteiger partial charge in [0.05, 0.1) is 5.52 Å². The normalized spacial score (nSPS) is 15.7. The van der Waals surface area contributed by atoms with Crippen molar-refractivity contribution >= 4 is 22.7 Å². The molecule has 0 fully saturated rings. The highest BCUT2D eigenvalue weighted by atomic mass is 15.1. The number of allylic oxidation sites excluding steroid dienone is 1. The molecule has 2 aromatic heterocycles. The Bertz CT molecular complexity index is 919. The lowest BCUT2D eigenvalue weighted by Crippen LogP contribution is -2.27. The van der Waals surface area contributed by atoms with E-state index in [1.54, 1.807) is 0 Å². The van der Waals surface area contributed by atoms with Gasteiger partial charge in [-0.1, -0.05) is 11.6 Å². The van der Waals surface area contributed by atoms with Gasteiger partial charge in [0, 0.05) is 42.8 Å². The molecule has 1 aliphatic rings. The van der Waals surface area contributed by atoms with Crippen LogP contribution in [0.4, 0.5) is 0 Å². The summed E-state index contributed by atoms with van der Waals surface area (Å²) in [5, 5.41) is 1.41. The Labute approximate surface area is 143 Å². The highest BCUT2D eigenvalue weighted by Gasteiger charge is 2.21. The molecular weight excluding hydrogens is 294 g/mol. The molecule has 0 saturated carbocycles. The third-order valence-corrected chi connectivity index (χ3v) is 5.00. The first-order valence-corrected chi connectivity index (χ1v) is 8.53. The molecule has 1 aliphatic heterocycles. The third kappa shape index (κ3) is 2.55. The van der Waals surface area contributed by atoms with Crippen LogP contribution < -0.4 is 0 Å². The molecule has 0 N–H and O–H groups in total. The van der Waals surface area contributed by atoms with E-state index >= 15 is 0 Å². The van der Waals surface area contributed by atoms with Gasteiger partial charge in [0.2, 0.25) is 0 Å². The fourth-order valence-electron chi connectivity index (χ4n) is 3.67. The Kier molecular flexibility index (Phi) is 3.73. The number of aromatic nitrogens is 2. The van der Waals surface area contributed by atoms with Gasteiger partial charge in [0.15, 0.2) is 0 Å². The molecule has 3 nitrogen and oxygen atoms in total. The van der Waals surface area contributed by atoms with Crippen LogP contribution in [0.5, 0.6) is 0 Å². The summed E-state index contributed by atoms with van der Waals surface area (Å²) < 4.78 is 2.40. The zero-order chi connectivity index (χ0) is 16.7. The number of pyridine rings is 1. The summed E-state index contributed by atoms with van der Waals surface area (Å²) in [6, 6.07) is 11.0. The van der Waals surface area contributed by atoms with Crippen molar-refractivity contribution in [2.24, 2.45) is 0 Å². The van der Waals surface area contributed by atoms with Crippen LogP contribution in [0.15, 0.2) is 42.7 Å². The highest BCUT2D eigenvalue weighted by molar-refractivity contribution is 5.90. The topological polar surface area (TPSA) is 21.1 Å². The van der Waals surface area contributed by atoms with Crippen molar-refractivity contribution in [3.05, 3.63) is 65.1 Å². The summed E-state index contributed by atoms with van der Waals surface area (Å²) in [7, 11) is 2.20. The van der Waals surface area contributed by atoms with E-state index in [9.17, 15) is 0 Å². The van der Waals surface area contributed by atoms with Crippen molar-refractivity contribution in [1.29, 1.82) is 0 Å². The zero-order valence-corrected chi connectivity index (χ0v) is 14.6. The SMILES string of the molecule is C/C(=C\n1c2c(c3cc(C)ccc31)CCN(C)C2)c1ccncc1. The van der Waals surface area contributed by atoms with E-state index in [-0.39, 0.29) is 0 Å². The molecule has 0 saturated heterocycles. The lowest BCUT2D eigenvalue weighted by molar-refractivity contribution is 0.308. The summed E-state index contributed by atoms with van der Waals surface area (Å²) in [5.41, 5.74) is 8.07. The van der Waals surface area contributed by atoms with Crippen LogP contribution in [-0.2, 0) is 13.0 Å². The Morgan fingerprint density at radius 3 is 2.75 bits per heavy atom. The predicted molar refractivity (Wildman–Crippen MR) is 101 cm³/mol. The lowest BCUT2D eigenvalue weighted by atomic mass is 10.0. The molecule has 0 atom stereocenters. The van der Waals surface area contributed by atoms with Crippen LogP contribution in [0.25, 0.3) is 22.7 Å². The second kappa shape index (κ2) is 5.91. The average Bonchev–Trinajstić information content (AvgIpc) is 2.88. The molecule has 0 radical (unpaired) electrons. The second-order valence-corrected chi connectivity index (χ2v) is 6.85. The van der Waals surface area contributed by atoms with Crippen LogP contribution in [0.2, 0.25) is 0 Å². The molecular formula is C21H23N3.